The fourth-order valence-electron chi connectivity index (χ4n) is 2.97. The lowest BCUT2D eigenvalue weighted by molar-refractivity contribution is -0.141. The summed E-state index contributed by atoms with van der Waals surface area (Å²) >= 11 is 0. The maximum Gasteiger partial charge on any atom is 0.433 e. The van der Waals surface area contributed by atoms with Crippen molar-refractivity contribution < 1.29 is 37.1 Å². The molecular formula is C23H24F3N3O5. The van der Waals surface area contributed by atoms with E-state index in [4.69, 9.17) is 14.3 Å². The molecule has 1 aromatic heterocycles. The van der Waals surface area contributed by atoms with E-state index in [1.54, 1.807) is 30.5 Å². The number of hydroxylamine groups is 1. The first-order chi connectivity index (χ1) is 16.3. The Morgan fingerprint density at radius 3 is 2.50 bits per heavy atom. The molecule has 1 atom stereocenters. The Labute approximate surface area is 194 Å². The smallest absolute Gasteiger partial charge is 0.433 e. The summed E-state index contributed by atoms with van der Waals surface area (Å²) in [7, 11) is 0. The van der Waals surface area contributed by atoms with Gasteiger partial charge in [-0.1, -0.05) is 18.2 Å². The number of ether oxygens (including phenoxy) is 2. The standard InChI is InChI=1S/C23H24F3N3O5/c24-23(25,26)20-6-3-18(13-27-20)14-34-29-21(30)11-16-1-4-19(5-2-16)33-15-22(31)28-12-17-7-9-32-10-8-17/h1-7,9,13,17H,8,10-12,14-15H2,(H,28,31)(H,29,30). The zero-order valence-electron chi connectivity index (χ0n) is 18.1. The molecular weight excluding hydrogens is 455 g/mol. The van der Waals surface area contributed by atoms with Gasteiger partial charge < -0.3 is 14.8 Å². The second-order valence-electron chi connectivity index (χ2n) is 7.52. The van der Waals surface area contributed by atoms with E-state index >= 15 is 0 Å². The lowest BCUT2D eigenvalue weighted by Crippen LogP contribution is -2.33. The molecule has 0 spiro atoms. The zero-order chi connectivity index (χ0) is 24.4. The molecule has 3 rings (SSSR count). The van der Waals surface area contributed by atoms with Gasteiger partial charge in [-0.25, -0.2) is 5.48 Å². The third-order valence-electron chi connectivity index (χ3n) is 4.81. The molecule has 0 aliphatic carbocycles. The van der Waals surface area contributed by atoms with E-state index in [0.717, 1.165) is 18.7 Å². The first-order valence-electron chi connectivity index (χ1n) is 10.5. The predicted octanol–water partition coefficient (Wildman–Crippen LogP) is 2.94. The maximum absolute atomic E-state index is 12.5. The second kappa shape index (κ2) is 12.0. The van der Waals surface area contributed by atoms with Crippen molar-refractivity contribution in [2.75, 3.05) is 19.8 Å². The van der Waals surface area contributed by atoms with Gasteiger partial charge in [0, 0.05) is 18.7 Å². The van der Waals surface area contributed by atoms with Gasteiger partial charge in [-0.15, -0.1) is 0 Å². The number of pyridine rings is 1. The average molecular weight is 479 g/mol. The van der Waals surface area contributed by atoms with E-state index in [2.05, 4.69) is 15.8 Å². The summed E-state index contributed by atoms with van der Waals surface area (Å²) in [5, 5.41) is 2.81. The average Bonchev–Trinajstić information content (AvgIpc) is 2.83. The second-order valence-corrected chi connectivity index (χ2v) is 7.52. The van der Waals surface area contributed by atoms with Gasteiger partial charge in [0.2, 0.25) is 5.91 Å². The van der Waals surface area contributed by atoms with Crippen molar-refractivity contribution in [3.8, 4) is 5.75 Å². The Bertz CT molecular complexity index is 979. The number of rotatable bonds is 10. The van der Waals surface area contributed by atoms with Gasteiger partial charge in [0.15, 0.2) is 6.61 Å². The number of carbonyl (C=O) groups excluding carboxylic acids is 2. The number of aromatic nitrogens is 1. The number of nitrogens with zero attached hydrogens (tertiary/aromatic N) is 1. The van der Waals surface area contributed by atoms with Crippen molar-refractivity contribution >= 4 is 11.8 Å². The fourth-order valence-corrected chi connectivity index (χ4v) is 2.97. The van der Waals surface area contributed by atoms with Crippen molar-refractivity contribution in [3.63, 3.8) is 0 Å². The fraction of sp³-hybridized carbons (Fsp3) is 0.348. The number of nitrogens with one attached hydrogen (secondary N) is 2. The first-order valence-corrected chi connectivity index (χ1v) is 10.5. The van der Waals surface area contributed by atoms with Crippen LogP contribution in [0.1, 0.15) is 23.2 Å². The third-order valence-corrected chi connectivity index (χ3v) is 4.81. The van der Waals surface area contributed by atoms with Gasteiger partial charge in [-0.3, -0.25) is 19.4 Å². The van der Waals surface area contributed by atoms with Crippen molar-refractivity contribution in [2.24, 2.45) is 5.92 Å². The molecule has 0 saturated heterocycles. The Balaban J connectivity index is 1.33. The molecule has 2 amide bonds. The monoisotopic (exact) mass is 479 g/mol. The Kier molecular flexibility index (Phi) is 8.86. The Hall–Kier alpha value is -3.60. The van der Waals surface area contributed by atoms with E-state index in [0.29, 0.717) is 30.0 Å². The summed E-state index contributed by atoms with van der Waals surface area (Å²) in [6, 6.07) is 8.72. The summed E-state index contributed by atoms with van der Waals surface area (Å²) in [4.78, 5) is 32.3. The Morgan fingerprint density at radius 1 is 1.09 bits per heavy atom. The lowest BCUT2D eigenvalue weighted by atomic mass is 10.1. The Morgan fingerprint density at radius 2 is 1.85 bits per heavy atom. The molecule has 2 N–H and O–H groups in total. The lowest BCUT2D eigenvalue weighted by Gasteiger charge is -2.17. The van der Waals surface area contributed by atoms with E-state index in [1.807, 2.05) is 6.08 Å². The summed E-state index contributed by atoms with van der Waals surface area (Å²) in [5.41, 5.74) is 2.29. The van der Waals surface area contributed by atoms with Gasteiger partial charge in [-0.05, 0) is 41.8 Å². The summed E-state index contributed by atoms with van der Waals surface area (Å²) in [6.45, 7) is 0.907. The third kappa shape index (κ3) is 8.39. The van der Waals surface area contributed by atoms with E-state index in [1.165, 1.54) is 6.07 Å². The predicted molar refractivity (Wildman–Crippen MR) is 114 cm³/mol. The molecule has 0 radical (unpaired) electrons. The highest BCUT2D eigenvalue weighted by molar-refractivity contribution is 5.78. The van der Waals surface area contributed by atoms with E-state index in [-0.39, 0.29) is 31.5 Å². The van der Waals surface area contributed by atoms with Gasteiger partial charge >= 0.3 is 6.18 Å². The van der Waals surface area contributed by atoms with Crippen LogP contribution in [0.5, 0.6) is 5.75 Å². The van der Waals surface area contributed by atoms with Gasteiger partial charge in [0.25, 0.3) is 5.91 Å². The summed E-state index contributed by atoms with van der Waals surface area (Å²) in [6.07, 6.45) is 0.950. The highest BCUT2D eigenvalue weighted by atomic mass is 19.4. The quantitative estimate of drug-likeness (QED) is 0.509. The largest absolute Gasteiger partial charge is 0.501 e. The minimum Gasteiger partial charge on any atom is -0.501 e. The van der Waals surface area contributed by atoms with Crippen LogP contribution in [0.2, 0.25) is 0 Å². The van der Waals surface area contributed by atoms with Crippen molar-refractivity contribution in [2.45, 2.75) is 25.6 Å². The highest BCUT2D eigenvalue weighted by Gasteiger charge is 2.32. The molecule has 0 fully saturated rings. The van der Waals surface area contributed by atoms with Crippen LogP contribution in [-0.4, -0.2) is 36.6 Å². The maximum atomic E-state index is 12.5. The molecule has 1 aromatic carbocycles. The van der Waals surface area contributed by atoms with Crippen LogP contribution >= 0.6 is 0 Å². The minimum atomic E-state index is -4.51. The highest BCUT2D eigenvalue weighted by Crippen LogP contribution is 2.27. The molecule has 8 nitrogen and oxygen atoms in total. The molecule has 1 aliphatic heterocycles. The van der Waals surface area contributed by atoms with Crippen LogP contribution < -0.4 is 15.5 Å². The number of hydrogen-bond donors (Lipinski definition) is 2. The molecule has 0 saturated carbocycles. The van der Waals surface area contributed by atoms with Gasteiger partial charge in [-0.2, -0.15) is 13.2 Å². The number of carbonyl (C=O) groups is 2. The SMILES string of the molecule is O=C(COc1ccc(CC(=O)NOCc2ccc(C(F)(F)F)nc2)cc1)NCC1C=COCC1. The van der Waals surface area contributed by atoms with E-state index in [9.17, 15) is 22.8 Å². The minimum absolute atomic E-state index is 0.0185. The molecule has 2 aromatic rings. The van der Waals surface area contributed by atoms with Crippen molar-refractivity contribution in [1.29, 1.82) is 0 Å². The summed E-state index contributed by atoms with van der Waals surface area (Å²) < 4.78 is 48.1. The molecule has 1 aliphatic rings. The number of hydrogen-bond acceptors (Lipinski definition) is 6. The van der Waals surface area contributed by atoms with Crippen LogP contribution in [0.15, 0.2) is 54.9 Å². The number of benzene rings is 1. The van der Waals surface area contributed by atoms with Crippen molar-refractivity contribution in [3.05, 3.63) is 71.8 Å². The number of halogens is 3. The van der Waals surface area contributed by atoms with Crippen LogP contribution in [0.25, 0.3) is 0 Å². The summed E-state index contributed by atoms with van der Waals surface area (Å²) in [5.74, 6) is 0.0638. The van der Waals surface area contributed by atoms with Crippen LogP contribution in [0, 0.1) is 5.92 Å². The van der Waals surface area contributed by atoms with E-state index < -0.39 is 17.8 Å². The molecule has 0 bridgehead atoms. The zero-order valence-corrected chi connectivity index (χ0v) is 18.1. The van der Waals surface area contributed by atoms with Crippen molar-refractivity contribution in [1.82, 2.24) is 15.8 Å². The number of amides is 2. The topological polar surface area (TPSA) is 98.8 Å². The first kappa shape index (κ1) is 25.0. The molecule has 2 heterocycles. The van der Waals surface area contributed by atoms with Crippen LogP contribution in [0.3, 0.4) is 0 Å². The molecule has 182 valence electrons. The molecule has 34 heavy (non-hydrogen) atoms. The number of alkyl halides is 3. The molecule has 11 heteroatoms. The van der Waals surface area contributed by atoms with Crippen LogP contribution in [0.4, 0.5) is 13.2 Å². The van der Waals surface area contributed by atoms with Crippen LogP contribution in [-0.2, 0) is 38.4 Å². The van der Waals surface area contributed by atoms with Gasteiger partial charge in [0.1, 0.15) is 18.1 Å². The van der Waals surface area contributed by atoms with Gasteiger partial charge in [0.05, 0.1) is 19.3 Å². The normalized spacial score (nSPS) is 15.3. The molecule has 1 unspecified atom stereocenters.